The van der Waals surface area contributed by atoms with Crippen molar-refractivity contribution < 1.29 is 19.1 Å². The summed E-state index contributed by atoms with van der Waals surface area (Å²) in [5.74, 6) is -0.940. The molecule has 1 rings (SSSR count). The molecule has 0 aliphatic carbocycles. The van der Waals surface area contributed by atoms with Gasteiger partial charge in [-0.3, -0.25) is 9.59 Å². The van der Waals surface area contributed by atoms with Gasteiger partial charge in [-0.2, -0.15) is 0 Å². The average Bonchev–Trinajstić information content (AvgIpc) is 2.38. The molecular formula is C14H18N2O4. The smallest absolute Gasteiger partial charge is 0.328 e. The molecule has 0 aliphatic rings. The van der Waals surface area contributed by atoms with E-state index in [4.69, 9.17) is 0 Å². The standard InChI is InChI=1S/C14H18N2O4/c1-9(17)15-12-6-4-11(5-7-12)8-13(14(19)20-3)16-10(2)18/h4-7,13H,8H2,1-3H3,(H,15,17)(H,16,18)/t13-/m0/s1. The first-order chi connectivity index (χ1) is 9.42. The minimum absolute atomic E-state index is 0.150. The summed E-state index contributed by atoms with van der Waals surface area (Å²) in [4.78, 5) is 33.5. The van der Waals surface area contributed by atoms with Gasteiger partial charge < -0.3 is 15.4 Å². The van der Waals surface area contributed by atoms with Crippen LogP contribution in [0.4, 0.5) is 5.69 Å². The summed E-state index contributed by atoms with van der Waals surface area (Å²) in [6, 6.07) is 6.31. The number of methoxy groups -OCH3 is 1. The highest BCUT2D eigenvalue weighted by atomic mass is 16.5. The molecule has 6 nitrogen and oxygen atoms in total. The molecule has 0 bridgehead atoms. The number of hydrogen-bond donors (Lipinski definition) is 2. The Balaban J connectivity index is 2.75. The Hall–Kier alpha value is -2.37. The van der Waals surface area contributed by atoms with E-state index >= 15 is 0 Å². The predicted octanol–water partition coefficient (Wildman–Crippen LogP) is 0.865. The van der Waals surface area contributed by atoms with E-state index in [0.29, 0.717) is 12.1 Å². The molecule has 0 heterocycles. The Morgan fingerprint density at radius 1 is 1.10 bits per heavy atom. The molecule has 0 fully saturated rings. The summed E-state index contributed by atoms with van der Waals surface area (Å²) >= 11 is 0. The number of nitrogens with one attached hydrogen (secondary N) is 2. The third kappa shape index (κ3) is 5.09. The molecule has 0 saturated heterocycles. The molecule has 2 N–H and O–H groups in total. The summed E-state index contributed by atoms with van der Waals surface area (Å²) in [6.07, 6.45) is 0.326. The second-order valence-corrected chi connectivity index (χ2v) is 4.36. The minimum atomic E-state index is -0.718. The monoisotopic (exact) mass is 278 g/mol. The zero-order chi connectivity index (χ0) is 15.1. The second-order valence-electron chi connectivity index (χ2n) is 4.36. The van der Waals surface area contributed by atoms with Crippen LogP contribution in [0.25, 0.3) is 0 Å². The highest BCUT2D eigenvalue weighted by molar-refractivity contribution is 5.88. The first-order valence-electron chi connectivity index (χ1n) is 6.14. The Morgan fingerprint density at radius 2 is 1.70 bits per heavy atom. The van der Waals surface area contributed by atoms with E-state index in [1.54, 1.807) is 24.3 Å². The van der Waals surface area contributed by atoms with Gasteiger partial charge in [0.2, 0.25) is 11.8 Å². The van der Waals surface area contributed by atoms with Crippen molar-refractivity contribution >= 4 is 23.5 Å². The van der Waals surface area contributed by atoms with Crippen molar-refractivity contribution in [2.75, 3.05) is 12.4 Å². The lowest BCUT2D eigenvalue weighted by Gasteiger charge is -2.15. The number of rotatable bonds is 5. The van der Waals surface area contributed by atoms with Crippen LogP contribution in [0.1, 0.15) is 19.4 Å². The topological polar surface area (TPSA) is 84.5 Å². The Morgan fingerprint density at radius 3 is 2.15 bits per heavy atom. The number of anilines is 1. The van der Waals surface area contributed by atoms with E-state index in [0.717, 1.165) is 5.56 Å². The molecule has 0 radical (unpaired) electrons. The number of carbonyl (C=O) groups excluding carboxylic acids is 3. The maximum absolute atomic E-state index is 11.6. The summed E-state index contributed by atoms with van der Waals surface area (Å²) in [6.45, 7) is 2.77. The van der Waals surface area contributed by atoms with Crippen molar-refractivity contribution in [1.82, 2.24) is 5.32 Å². The van der Waals surface area contributed by atoms with Gasteiger partial charge in [0.1, 0.15) is 6.04 Å². The minimum Gasteiger partial charge on any atom is -0.467 e. The summed E-state index contributed by atoms with van der Waals surface area (Å²) in [5.41, 5.74) is 1.53. The van der Waals surface area contributed by atoms with E-state index in [1.807, 2.05) is 0 Å². The molecule has 0 aromatic heterocycles. The van der Waals surface area contributed by atoms with Crippen LogP contribution < -0.4 is 10.6 Å². The highest BCUT2D eigenvalue weighted by Gasteiger charge is 2.20. The van der Waals surface area contributed by atoms with Crippen molar-refractivity contribution in [2.45, 2.75) is 26.3 Å². The molecule has 1 aromatic rings. The molecule has 0 aliphatic heterocycles. The first-order valence-corrected chi connectivity index (χ1v) is 6.14. The van der Waals surface area contributed by atoms with Gasteiger partial charge in [-0.15, -0.1) is 0 Å². The summed E-state index contributed by atoms with van der Waals surface area (Å²) < 4.78 is 4.65. The van der Waals surface area contributed by atoms with Crippen molar-refractivity contribution in [3.8, 4) is 0 Å². The van der Waals surface area contributed by atoms with E-state index in [1.165, 1.54) is 21.0 Å². The molecule has 1 atom stereocenters. The van der Waals surface area contributed by atoms with Crippen LogP contribution in [-0.2, 0) is 25.5 Å². The number of amides is 2. The van der Waals surface area contributed by atoms with Crippen LogP contribution in [0, 0.1) is 0 Å². The zero-order valence-corrected chi connectivity index (χ0v) is 11.7. The molecule has 20 heavy (non-hydrogen) atoms. The predicted molar refractivity (Wildman–Crippen MR) is 74.1 cm³/mol. The number of esters is 1. The largest absolute Gasteiger partial charge is 0.467 e. The van der Waals surface area contributed by atoms with Gasteiger partial charge >= 0.3 is 5.97 Å². The van der Waals surface area contributed by atoms with Crippen LogP contribution in [0.3, 0.4) is 0 Å². The Kier molecular flexibility index (Phi) is 5.71. The maximum atomic E-state index is 11.6. The number of benzene rings is 1. The SMILES string of the molecule is COC(=O)[C@H](Cc1ccc(NC(C)=O)cc1)NC(C)=O. The second kappa shape index (κ2) is 7.28. The molecule has 2 amide bonds. The highest BCUT2D eigenvalue weighted by Crippen LogP contribution is 2.11. The lowest BCUT2D eigenvalue weighted by atomic mass is 10.1. The van der Waals surface area contributed by atoms with E-state index in [2.05, 4.69) is 15.4 Å². The van der Waals surface area contributed by atoms with E-state index < -0.39 is 12.0 Å². The van der Waals surface area contributed by atoms with Gasteiger partial charge in [0.25, 0.3) is 0 Å². The molecule has 0 saturated carbocycles. The van der Waals surface area contributed by atoms with Crippen molar-refractivity contribution in [3.63, 3.8) is 0 Å². The fraction of sp³-hybridized carbons (Fsp3) is 0.357. The molecular weight excluding hydrogens is 260 g/mol. The van der Waals surface area contributed by atoms with Gasteiger partial charge in [-0.05, 0) is 17.7 Å². The molecule has 1 aromatic carbocycles. The van der Waals surface area contributed by atoms with Gasteiger partial charge in [-0.25, -0.2) is 4.79 Å². The summed E-state index contributed by atoms with van der Waals surface area (Å²) in [5, 5.41) is 5.19. The van der Waals surface area contributed by atoms with Crippen LogP contribution in [-0.4, -0.2) is 30.9 Å². The Labute approximate surface area is 117 Å². The lowest BCUT2D eigenvalue weighted by Crippen LogP contribution is -2.41. The van der Waals surface area contributed by atoms with Crippen LogP contribution in [0.15, 0.2) is 24.3 Å². The van der Waals surface area contributed by atoms with E-state index in [9.17, 15) is 14.4 Å². The fourth-order valence-electron chi connectivity index (χ4n) is 1.74. The first kappa shape index (κ1) is 15.7. The third-order valence-electron chi connectivity index (χ3n) is 2.58. The van der Waals surface area contributed by atoms with Gasteiger partial charge in [0.15, 0.2) is 0 Å². The van der Waals surface area contributed by atoms with Gasteiger partial charge in [0, 0.05) is 26.0 Å². The number of carbonyl (C=O) groups is 3. The van der Waals surface area contributed by atoms with Crippen molar-refractivity contribution in [1.29, 1.82) is 0 Å². The molecule has 0 spiro atoms. The molecule has 108 valence electrons. The Bertz CT molecular complexity index is 496. The quantitative estimate of drug-likeness (QED) is 0.783. The third-order valence-corrected chi connectivity index (χ3v) is 2.58. The average molecular weight is 278 g/mol. The zero-order valence-electron chi connectivity index (χ0n) is 11.7. The number of hydrogen-bond acceptors (Lipinski definition) is 4. The van der Waals surface area contributed by atoms with Gasteiger partial charge in [0.05, 0.1) is 7.11 Å². The normalized spacial score (nSPS) is 11.3. The molecule has 6 heteroatoms. The van der Waals surface area contributed by atoms with Crippen LogP contribution in [0.2, 0.25) is 0 Å². The van der Waals surface area contributed by atoms with E-state index in [-0.39, 0.29) is 11.8 Å². The van der Waals surface area contributed by atoms with Crippen LogP contribution in [0.5, 0.6) is 0 Å². The molecule has 0 unspecified atom stereocenters. The van der Waals surface area contributed by atoms with Gasteiger partial charge in [-0.1, -0.05) is 12.1 Å². The summed E-state index contributed by atoms with van der Waals surface area (Å²) in [7, 11) is 1.27. The maximum Gasteiger partial charge on any atom is 0.328 e. The lowest BCUT2D eigenvalue weighted by molar-refractivity contribution is -0.144. The van der Waals surface area contributed by atoms with Crippen LogP contribution >= 0.6 is 0 Å². The number of ether oxygens (including phenoxy) is 1. The fourth-order valence-corrected chi connectivity index (χ4v) is 1.74. The van der Waals surface area contributed by atoms with Crippen molar-refractivity contribution in [2.24, 2.45) is 0 Å². The van der Waals surface area contributed by atoms with Crippen molar-refractivity contribution in [3.05, 3.63) is 29.8 Å².